The van der Waals surface area contributed by atoms with Gasteiger partial charge in [0, 0.05) is 12.1 Å². The zero-order valence-electron chi connectivity index (χ0n) is 9.42. The summed E-state index contributed by atoms with van der Waals surface area (Å²) in [6.07, 6.45) is 0.762. The molecule has 0 aliphatic heterocycles. The van der Waals surface area contributed by atoms with Crippen LogP contribution in [-0.4, -0.2) is 18.7 Å². The van der Waals surface area contributed by atoms with E-state index in [-0.39, 0.29) is 0 Å². The Labute approximate surface area is 88.0 Å². The predicted molar refractivity (Wildman–Crippen MR) is 66.0 cm³/mol. The molecule has 4 heteroatoms. The Hall–Kier alpha value is 0.570. The van der Waals surface area contributed by atoms with Crippen molar-refractivity contribution in [2.75, 3.05) is 6.66 Å². The topological polar surface area (TPSA) is 24.1 Å². The molecule has 2 nitrogen and oxygen atoms in total. The van der Waals surface area contributed by atoms with Crippen LogP contribution in [-0.2, 0) is 11.8 Å². The van der Waals surface area contributed by atoms with Crippen LogP contribution >= 0.6 is 6.34 Å². The minimum atomic E-state index is -1.50. The van der Waals surface area contributed by atoms with Gasteiger partial charge in [0.1, 0.15) is 0 Å². The van der Waals surface area contributed by atoms with E-state index in [1.54, 1.807) is 0 Å². The summed E-state index contributed by atoms with van der Waals surface area (Å²) in [7, 11) is 0. The van der Waals surface area contributed by atoms with Gasteiger partial charge in [0.2, 0.25) is 0 Å². The van der Waals surface area contributed by atoms with E-state index >= 15 is 0 Å². The molecule has 0 heterocycles. The highest BCUT2D eigenvalue weighted by molar-refractivity contribution is 8.12. The van der Waals surface area contributed by atoms with Crippen LogP contribution in [0.2, 0.25) is 0 Å². The first-order valence-electron chi connectivity index (χ1n) is 5.04. The van der Waals surface area contributed by atoms with Crippen molar-refractivity contribution >= 4 is 18.1 Å². The Balaban J connectivity index is 4.00. The molecular formula is C9H23N2PS. The lowest BCUT2D eigenvalue weighted by atomic mass is 10.3. The van der Waals surface area contributed by atoms with Gasteiger partial charge in [-0.2, -0.15) is 0 Å². The number of nitrogens with one attached hydrogen (secondary N) is 2. The first kappa shape index (κ1) is 13.6. The predicted octanol–water partition coefficient (Wildman–Crippen LogP) is 2.70. The summed E-state index contributed by atoms with van der Waals surface area (Å²) in [5, 5.41) is 6.97. The molecule has 13 heavy (non-hydrogen) atoms. The molecule has 0 bridgehead atoms. The summed E-state index contributed by atoms with van der Waals surface area (Å²) in [6, 6.07) is 1.04. The Morgan fingerprint density at radius 2 is 1.38 bits per heavy atom. The maximum atomic E-state index is 5.52. The van der Waals surface area contributed by atoms with Gasteiger partial charge in [-0.15, -0.1) is 0 Å². The standard InChI is InChI=1S/C9H23N2PS/c1-6-8(3)10-12(5,13)11-9(4)7-2/h8-9H,6-7H2,1-5H3,(H2,10,11,13). The highest BCUT2D eigenvalue weighted by Gasteiger charge is 2.13. The van der Waals surface area contributed by atoms with Crippen LogP contribution in [0.4, 0.5) is 0 Å². The van der Waals surface area contributed by atoms with Gasteiger partial charge in [0.15, 0.2) is 0 Å². The molecule has 0 rings (SSSR count). The zero-order chi connectivity index (χ0) is 10.5. The van der Waals surface area contributed by atoms with Crippen molar-refractivity contribution < 1.29 is 0 Å². The second kappa shape index (κ2) is 6.13. The van der Waals surface area contributed by atoms with E-state index in [0.717, 1.165) is 12.8 Å². The minimum absolute atomic E-state index is 0.521. The van der Waals surface area contributed by atoms with Crippen molar-refractivity contribution in [3.05, 3.63) is 0 Å². The van der Waals surface area contributed by atoms with E-state index in [9.17, 15) is 0 Å². The highest BCUT2D eigenvalue weighted by Crippen LogP contribution is 2.33. The number of rotatable bonds is 6. The van der Waals surface area contributed by atoms with Crippen molar-refractivity contribution in [1.82, 2.24) is 10.2 Å². The maximum Gasteiger partial charge on any atom is 0.0698 e. The molecule has 2 unspecified atom stereocenters. The summed E-state index contributed by atoms with van der Waals surface area (Å²) in [5.74, 6) is 0. The van der Waals surface area contributed by atoms with E-state index in [1.807, 2.05) is 0 Å². The van der Waals surface area contributed by atoms with E-state index in [0.29, 0.717) is 12.1 Å². The van der Waals surface area contributed by atoms with E-state index < -0.39 is 6.34 Å². The van der Waals surface area contributed by atoms with Gasteiger partial charge >= 0.3 is 0 Å². The fourth-order valence-electron chi connectivity index (χ4n) is 1.06. The minimum Gasteiger partial charge on any atom is -0.275 e. The van der Waals surface area contributed by atoms with Crippen molar-refractivity contribution in [3.63, 3.8) is 0 Å². The summed E-state index contributed by atoms with van der Waals surface area (Å²) in [4.78, 5) is 0. The van der Waals surface area contributed by atoms with E-state index in [1.165, 1.54) is 0 Å². The summed E-state index contributed by atoms with van der Waals surface area (Å²) >= 11 is 5.52. The molecule has 0 saturated heterocycles. The van der Waals surface area contributed by atoms with Crippen LogP contribution in [0, 0.1) is 0 Å². The lowest BCUT2D eigenvalue weighted by Gasteiger charge is -2.27. The monoisotopic (exact) mass is 222 g/mol. The maximum absolute atomic E-state index is 5.52. The molecule has 0 aliphatic carbocycles. The van der Waals surface area contributed by atoms with Crippen molar-refractivity contribution in [2.24, 2.45) is 0 Å². The summed E-state index contributed by atoms with van der Waals surface area (Å²) in [6.45, 7) is 10.8. The molecule has 0 aromatic rings. The van der Waals surface area contributed by atoms with Gasteiger partial charge in [-0.25, -0.2) is 0 Å². The lowest BCUT2D eigenvalue weighted by molar-refractivity contribution is 0.625. The fourth-order valence-corrected chi connectivity index (χ4v) is 4.26. The van der Waals surface area contributed by atoms with Crippen molar-refractivity contribution in [2.45, 2.75) is 52.6 Å². The molecule has 2 atom stereocenters. The largest absolute Gasteiger partial charge is 0.275 e. The molecular weight excluding hydrogens is 199 g/mol. The normalized spacial score (nSPS) is 20.7. The SMILES string of the molecule is CCC(C)NP(C)(=S)NC(C)CC. The molecule has 0 amide bonds. The molecule has 0 saturated carbocycles. The van der Waals surface area contributed by atoms with Crippen molar-refractivity contribution in [3.8, 4) is 0 Å². The first-order valence-corrected chi connectivity index (χ1v) is 8.29. The first-order chi connectivity index (χ1) is 5.91. The quantitative estimate of drug-likeness (QED) is 0.676. The van der Waals surface area contributed by atoms with E-state index in [2.05, 4.69) is 44.5 Å². The molecule has 0 aromatic carbocycles. The fraction of sp³-hybridized carbons (Fsp3) is 1.00. The summed E-state index contributed by atoms with van der Waals surface area (Å²) < 4.78 is 0. The van der Waals surface area contributed by atoms with Crippen LogP contribution in [0.25, 0.3) is 0 Å². The zero-order valence-corrected chi connectivity index (χ0v) is 11.1. The molecule has 0 aromatic heterocycles. The van der Waals surface area contributed by atoms with Gasteiger partial charge in [-0.1, -0.05) is 25.7 Å². The molecule has 2 N–H and O–H groups in total. The van der Waals surface area contributed by atoms with Gasteiger partial charge in [-0.05, 0) is 33.4 Å². The Bertz CT molecular complexity index is 168. The van der Waals surface area contributed by atoms with Crippen LogP contribution in [0.1, 0.15) is 40.5 Å². The highest BCUT2D eigenvalue weighted by atomic mass is 32.4. The van der Waals surface area contributed by atoms with Gasteiger partial charge in [0.25, 0.3) is 0 Å². The third-order valence-electron chi connectivity index (χ3n) is 2.16. The van der Waals surface area contributed by atoms with Gasteiger partial charge < -0.3 is 0 Å². The molecule has 0 aliphatic rings. The Morgan fingerprint density at radius 1 is 1.08 bits per heavy atom. The van der Waals surface area contributed by atoms with Crippen LogP contribution in [0.15, 0.2) is 0 Å². The lowest BCUT2D eigenvalue weighted by Crippen LogP contribution is -2.32. The Kier molecular flexibility index (Phi) is 6.40. The van der Waals surface area contributed by atoms with Crippen LogP contribution < -0.4 is 10.2 Å². The van der Waals surface area contributed by atoms with Crippen LogP contribution in [0.3, 0.4) is 0 Å². The second-order valence-electron chi connectivity index (χ2n) is 3.80. The summed E-state index contributed by atoms with van der Waals surface area (Å²) in [5.41, 5.74) is 0. The average Bonchev–Trinajstić information content (AvgIpc) is 2.02. The number of hydrogen-bond acceptors (Lipinski definition) is 1. The van der Waals surface area contributed by atoms with E-state index in [4.69, 9.17) is 11.8 Å². The number of hydrogen-bond donors (Lipinski definition) is 2. The molecule has 0 fully saturated rings. The van der Waals surface area contributed by atoms with Gasteiger partial charge in [-0.3, -0.25) is 10.2 Å². The third kappa shape index (κ3) is 6.62. The molecule has 0 spiro atoms. The molecule has 0 radical (unpaired) electrons. The average molecular weight is 222 g/mol. The smallest absolute Gasteiger partial charge is 0.0698 e. The van der Waals surface area contributed by atoms with Crippen LogP contribution in [0.5, 0.6) is 0 Å². The second-order valence-corrected chi connectivity index (χ2v) is 8.36. The Morgan fingerprint density at radius 3 is 1.62 bits per heavy atom. The third-order valence-corrected chi connectivity index (χ3v) is 4.66. The van der Waals surface area contributed by atoms with Crippen molar-refractivity contribution in [1.29, 1.82) is 0 Å². The van der Waals surface area contributed by atoms with Gasteiger partial charge in [0.05, 0.1) is 6.34 Å². The molecule has 80 valence electrons.